The van der Waals surface area contributed by atoms with E-state index in [1.165, 1.54) is 21.1 Å². The van der Waals surface area contributed by atoms with Crippen molar-refractivity contribution in [1.29, 1.82) is 0 Å². The van der Waals surface area contributed by atoms with Gasteiger partial charge in [-0.2, -0.15) is 0 Å². The van der Waals surface area contributed by atoms with Gasteiger partial charge >= 0.3 is 19.5 Å². The first-order valence-electron chi connectivity index (χ1n) is 10.0. The fraction of sp³-hybridized carbons (Fsp3) is 0.429. The van der Waals surface area contributed by atoms with Crippen molar-refractivity contribution in [3.05, 3.63) is 34.5 Å². The van der Waals surface area contributed by atoms with E-state index < -0.39 is 37.5 Å². The summed E-state index contributed by atoms with van der Waals surface area (Å²) in [6.45, 7) is 4.45. The zero-order valence-corrected chi connectivity index (χ0v) is 20.6. The number of nitrogens with zero attached hydrogens (tertiary/aromatic N) is 1. The first-order valence-corrected chi connectivity index (χ1v) is 12.1. The number of aromatic nitrogens is 1. The zero-order chi connectivity index (χ0) is 24.8. The Morgan fingerprint density at radius 3 is 2.15 bits per heavy atom. The summed E-state index contributed by atoms with van der Waals surface area (Å²) in [4.78, 5) is 42.2. The molecule has 2 rings (SSSR count). The molecule has 0 bridgehead atoms. The molecule has 0 atom stereocenters. The third-order valence-corrected chi connectivity index (χ3v) is 6.66. The van der Waals surface area contributed by atoms with Crippen molar-refractivity contribution in [2.45, 2.75) is 32.9 Å². The van der Waals surface area contributed by atoms with Gasteiger partial charge in [-0.05, 0) is 32.0 Å². The van der Waals surface area contributed by atoms with Crippen LogP contribution >= 0.6 is 19.2 Å². The molecule has 1 N–H and O–H groups in total. The summed E-state index contributed by atoms with van der Waals surface area (Å²) >= 11 is 6.16. The highest BCUT2D eigenvalue weighted by molar-refractivity contribution is 7.53. The van der Waals surface area contributed by atoms with Gasteiger partial charge < -0.3 is 23.8 Å². The van der Waals surface area contributed by atoms with Crippen molar-refractivity contribution in [3.63, 3.8) is 0 Å². The Kier molecular flexibility index (Phi) is 9.36. The molecule has 0 aliphatic heterocycles. The van der Waals surface area contributed by atoms with Crippen LogP contribution in [0.4, 0.5) is 5.69 Å². The summed E-state index contributed by atoms with van der Waals surface area (Å²) in [5.74, 6) is -3.87. The Balaban J connectivity index is 2.97. The lowest BCUT2D eigenvalue weighted by Gasteiger charge is -2.23. The SMILES string of the molecule is CCOC(=O)C(C(=O)OCC)c1nc2ccc(Cl)cc2c(NC(C)=O)c1CP(=O)(OC)OC. The Bertz CT molecular complexity index is 1080. The lowest BCUT2D eigenvalue weighted by atomic mass is 9.97. The molecule has 180 valence electrons. The lowest BCUT2D eigenvalue weighted by Crippen LogP contribution is -2.29. The highest BCUT2D eigenvalue weighted by atomic mass is 35.5. The van der Waals surface area contributed by atoms with Gasteiger partial charge in [0.2, 0.25) is 5.91 Å². The van der Waals surface area contributed by atoms with Crippen molar-refractivity contribution < 1.29 is 37.5 Å². The largest absolute Gasteiger partial charge is 0.465 e. The van der Waals surface area contributed by atoms with E-state index >= 15 is 0 Å². The number of ether oxygens (including phenoxy) is 2. The molecule has 10 nitrogen and oxygen atoms in total. The summed E-state index contributed by atoms with van der Waals surface area (Å²) < 4.78 is 33.4. The van der Waals surface area contributed by atoms with Gasteiger partial charge in [-0.25, -0.2) is 0 Å². The molecule has 1 aromatic heterocycles. The second kappa shape index (κ2) is 11.6. The average molecular weight is 501 g/mol. The van der Waals surface area contributed by atoms with Crippen molar-refractivity contribution in [3.8, 4) is 0 Å². The van der Waals surface area contributed by atoms with E-state index in [1.54, 1.807) is 32.0 Å². The highest BCUT2D eigenvalue weighted by Gasteiger charge is 2.38. The Morgan fingerprint density at radius 1 is 1.09 bits per heavy atom. The van der Waals surface area contributed by atoms with Crippen LogP contribution in [-0.4, -0.2) is 50.3 Å². The van der Waals surface area contributed by atoms with E-state index in [1.807, 2.05) is 0 Å². The van der Waals surface area contributed by atoms with Gasteiger partial charge in [0.15, 0.2) is 5.92 Å². The molecule has 0 aliphatic carbocycles. The van der Waals surface area contributed by atoms with Gasteiger partial charge in [-0.1, -0.05) is 11.6 Å². The highest BCUT2D eigenvalue weighted by Crippen LogP contribution is 2.52. The van der Waals surface area contributed by atoms with E-state index in [-0.39, 0.29) is 30.2 Å². The van der Waals surface area contributed by atoms with E-state index in [0.29, 0.717) is 15.9 Å². The minimum absolute atomic E-state index is 0.000446. The van der Waals surface area contributed by atoms with Gasteiger partial charge in [0.05, 0.1) is 36.3 Å². The minimum Gasteiger partial charge on any atom is -0.465 e. The maximum atomic E-state index is 13.1. The average Bonchev–Trinajstić information content (AvgIpc) is 2.76. The predicted molar refractivity (Wildman–Crippen MR) is 122 cm³/mol. The third-order valence-electron chi connectivity index (χ3n) is 4.61. The molecule has 0 saturated heterocycles. The number of nitrogens with one attached hydrogen (secondary N) is 1. The molecule has 33 heavy (non-hydrogen) atoms. The molecular formula is C21H26ClN2O8P. The maximum Gasteiger partial charge on any atom is 0.334 e. The number of pyridine rings is 1. The van der Waals surface area contributed by atoms with Crippen LogP contribution in [0.25, 0.3) is 10.9 Å². The molecule has 2 aromatic rings. The number of fused-ring (bicyclic) bond motifs is 1. The third kappa shape index (κ3) is 6.29. The van der Waals surface area contributed by atoms with E-state index in [2.05, 4.69) is 10.3 Å². The number of amides is 1. The number of anilines is 1. The van der Waals surface area contributed by atoms with E-state index in [9.17, 15) is 18.9 Å². The smallest absolute Gasteiger partial charge is 0.334 e. The number of carbonyl (C=O) groups excluding carboxylic acids is 3. The molecule has 0 unspecified atom stereocenters. The van der Waals surface area contributed by atoms with Crippen molar-refractivity contribution in [2.24, 2.45) is 0 Å². The normalized spacial score (nSPS) is 11.5. The number of esters is 2. The van der Waals surface area contributed by atoms with Crippen LogP contribution < -0.4 is 5.32 Å². The monoisotopic (exact) mass is 500 g/mol. The predicted octanol–water partition coefficient (Wildman–Crippen LogP) is 4.04. The summed E-state index contributed by atoms with van der Waals surface area (Å²) in [6.07, 6.45) is -0.407. The van der Waals surface area contributed by atoms with Crippen LogP contribution in [0.15, 0.2) is 18.2 Å². The zero-order valence-electron chi connectivity index (χ0n) is 19.0. The van der Waals surface area contributed by atoms with Crippen LogP contribution in [0.5, 0.6) is 0 Å². The summed E-state index contributed by atoms with van der Waals surface area (Å²) in [7, 11) is -1.36. The van der Waals surface area contributed by atoms with Gasteiger partial charge in [0.1, 0.15) is 0 Å². The van der Waals surface area contributed by atoms with Gasteiger partial charge in [0, 0.05) is 37.1 Å². The van der Waals surface area contributed by atoms with Crippen LogP contribution in [0.3, 0.4) is 0 Å². The molecule has 0 aliphatic rings. The molecule has 1 heterocycles. The summed E-state index contributed by atoms with van der Waals surface area (Å²) in [5.41, 5.74) is 0.487. The fourth-order valence-electron chi connectivity index (χ4n) is 3.18. The number of hydrogen-bond acceptors (Lipinski definition) is 9. The number of halogens is 1. The topological polar surface area (TPSA) is 130 Å². The first kappa shape index (κ1) is 26.7. The van der Waals surface area contributed by atoms with Crippen LogP contribution in [0.1, 0.15) is 37.9 Å². The van der Waals surface area contributed by atoms with Gasteiger partial charge in [-0.15, -0.1) is 0 Å². The molecule has 1 amide bonds. The van der Waals surface area contributed by atoms with E-state index in [0.717, 1.165) is 0 Å². The van der Waals surface area contributed by atoms with Crippen molar-refractivity contribution >= 4 is 53.6 Å². The van der Waals surface area contributed by atoms with Crippen LogP contribution in [0, 0.1) is 0 Å². The van der Waals surface area contributed by atoms with Gasteiger partial charge in [-0.3, -0.25) is 23.9 Å². The number of carbonyl (C=O) groups is 3. The molecule has 0 spiro atoms. The Hall–Kier alpha value is -2.52. The van der Waals surface area contributed by atoms with Crippen molar-refractivity contribution in [2.75, 3.05) is 32.8 Å². The maximum absolute atomic E-state index is 13.1. The Morgan fingerprint density at radius 2 is 1.67 bits per heavy atom. The quantitative estimate of drug-likeness (QED) is 0.291. The first-order chi connectivity index (χ1) is 15.6. The number of hydrogen-bond donors (Lipinski definition) is 1. The second-order valence-electron chi connectivity index (χ2n) is 6.76. The number of rotatable bonds is 10. The summed E-state index contributed by atoms with van der Waals surface area (Å²) in [5, 5.41) is 3.43. The van der Waals surface area contributed by atoms with Gasteiger partial charge in [0.25, 0.3) is 0 Å². The summed E-state index contributed by atoms with van der Waals surface area (Å²) in [6, 6.07) is 4.68. The molecule has 12 heteroatoms. The van der Waals surface area contributed by atoms with Crippen LogP contribution in [-0.2, 0) is 43.6 Å². The molecule has 0 saturated carbocycles. The minimum atomic E-state index is -3.75. The van der Waals surface area contributed by atoms with E-state index in [4.69, 9.17) is 30.1 Å². The molecule has 0 fully saturated rings. The van der Waals surface area contributed by atoms with Crippen molar-refractivity contribution in [1.82, 2.24) is 4.98 Å². The molecular weight excluding hydrogens is 475 g/mol. The fourth-order valence-corrected chi connectivity index (χ4v) is 4.47. The second-order valence-corrected chi connectivity index (χ2v) is 9.47. The molecule has 1 aromatic carbocycles. The Labute approximate surface area is 196 Å². The molecule has 0 radical (unpaired) electrons. The number of benzene rings is 1. The standard InChI is InChI=1S/C21H26ClN2O8P/c1-6-31-20(26)17(21(27)32-7-2)19-15(11-33(28,29-4)30-5)18(23-12(3)25)14-10-13(22)8-9-16(14)24-19/h8-10,17H,6-7,11H2,1-5H3,(H,23,24,25). The lowest BCUT2D eigenvalue weighted by molar-refractivity contribution is -0.157. The van der Waals surface area contributed by atoms with Crippen LogP contribution in [0.2, 0.25) is 5.02 Å².